The smallest absolute Gasteiger partial charge is 0.255 e. The lowest BCUT2D eigenvalue weighted by molar-refractivity contribution is 0.0730. The molecule has 0 saturated heterocycles. The molecule has 0 aliphatic carbocycles. The lowest BCUT2D eigenvalue weighted by Gasteiger charge is -2.22. The van der Waals surface area contributed by atoms with Crippen molar-refractivity contribution in [1.29, 1.82) is 0 Å². The van der Waals surface area contributed by atoms with Crippen molar-refractivity contribution in [1.82, 2.24) is 4.90 Å². The van der Waals surface area contributed by atoms with Crippen LogP contribution in [0.4, 0.5) is 0 Å². The van der Waals surface area contributed by atoms with Crippen LogP contribution in [-0.4, -0.2) is 17.9 Å². The largest absolute Gasteiger partial charge is 0.497 e. The second kappa shape index (κ2) is 7.68. The van der Waals surface area contributed by atoms with Crippen LogP contribution in [0, 0.1) is 0 Å². The highest BCUT2D eigenvalue weighted by Gasteiger charge is 2.20. The van der Waals surface area contributed by atoms with Crippen LogP contribution in [0.2, 0.25) is 0 Å². The zero-order valence-electron chi connectivity index (χ0n) is 13.1. The summed E-state index contributed by atoms with van der Waals surface area (Å²) in [6.07, 6.45) is 3.28. The van der Waals surface area contributed by atoms with Crippen LogP contribution in [0.25, 0.3) is 0 Å². The molecular weight excluding hydrogens is 390 g/mol. The summed E-state index contributed by atoms with van der Waals surface area (Å²) in [7, 11) is 1.59. The van der Waals surface area contributed by atoms with Crippen molar-refractivity contribution in [3.8, 4) is 5.75 Å². The van der Waals surface area contributed by atoms with Gasteiger partial charge < -0.3 is 14.1 Å². The van der Waals surface area contributed by atoms with Gasteiger partial charge in [0.25, 0.3) is 5.91 Å². The van der Waals surface area contributed by atoms with E-state index in [1.807, 2.05) is 35.7 Å². The van der Waals surface area contributed by atoms with Crippen LogP contribution in [0.1, 0.15) is 20.8 Å². The topological polar surface area (TPSA) is 42.7 Å². The van der Waals surface area contributed by atoms with Crippen LogP contribution >= 0.6 is 27.3 Å². The first-order chi connectivity index (χ1) is 11.7. The predicted octanol–water partition coefficient (Wildman–Crippen LogP) is 4.95. The number of halogens is 1. The van der Waals surface area contributed by atoms with E-state index in [4.69, 9.17) is 9.15 Å². The van der Waals surface area contributed by atoms with Crippen LogP contribution in [0.5, 0.6) is 5.75 Å². The summed E-state index contributed by atoms with van der Waals surface area (Å²) in [5, 5.41) is 2.01. The van der Waals surface area contributed by atoms with Gasteiger partial charge in [-0.25, -0.2) is 0 Å². The summed E-state index contributed by atoms with van der Waals surface area (Å²) in [6.45, 7) is 1.03. The fourth-order valence-corrected chi connectivity index (χ4v) is 3.49. The Hall–Kier alpha value is -2.05. The standard InChI is InChI=1S/C18H16BrNO3S/c1-22-14-4-5-17(19)16(9-14)18(21)20(10-13-6-7-23-12-13)11-15-3-2-8-24-15/h2-9,12H,10-11H2,1H3. The van der Waals surface area contributed by atoms with E-state index in [0.29, 0.717) is 24.4 Å². The number of hydrogen-bond acceptors (Lipinski definition) is 4. The number of benzene rings is 1. The van der Waals surface area contributed by atoms with Crippen LogP contribution < -0.4 is 4.74 Å². The molecule has 0 unspecified atom stereocenters. The molecule has 0 N–H and O–H groups in total. The van der Waals surface area contributed by atoms with Gasteiger partial charge in [-0.05, 0) is 51.6 Å². The number of nitrogens with zero attached hydrogens (tertiary/aromatic N) is 1. The maximum absolute atomic E-state index is 13.1. The van der Waals surface area contributed by atoms with Gasteiger partial charge in [-0.1, -0.05) is 6.07 Å². The van der Waals surface area contributed by atoms with Crippen LogP contribution in [0.3, 0.4) is 0 Å². The summed E-state index contributed by atoms with van der Waals surface area (Å²) in [5.74, 6) is 0.594. The average Bonchev–Trinajstić information content (AvgIpc) is 3.28. The number of furan rings is 1. The zero-order chi connectivity index (χ0) is 16.9. The molecule has 0 spiro atoms. The minimum Gasteiger partial charge on any atom is -0.497 e. The third kappa shape index (κ3) is 3.88. The highest BCUT2D eigenvalue weighted by atomic mass is 79.9. The van der Waals surface area contributed by atoms with E-state index < -0.39 is 0 Å². The third-order valence-corrected chi connectivity index (χ3v) is 5.12. The lowest BCUT2D eigenvalue weighted by atomic mass is 10.1. The minimum absolute atomic E-state index is 0.0598. The second-order valence-electron chi connectivity index (χ2n) is 5.22. The fraction of sp³-hybridized carbons (Fsp3) is 0.167. The molecule has 1 aromatic carbocycles. The molecule has 4 nitrogen and oxygen atoms in total. The maximum Gasteiger partial charge on any atom is 0.255 e. The first-order valence-corrected chi connectivity index (χ1v) is 9.01. The Morgan fingerprint density at radius 3 is 2.83 bits per heavy atom. The number of rotatable bonds is 6. The first-order valence-electron chi connectivity index (χ1n) is 7.33. The van der Waals surface area contributed by atoms with E-state index in [2.05, 4.69) is 15.9 Å². The molecule has 0 radical (unpaired) electrons. The quantitative estimate of drug-likeness (QED) is 0.582. The number of carbonyl (C=O) groups excluding carboxylic acids is 1. The monoisotopic (exact) mass is 405 g/mol. The van der Waals surface area contributed by atoms with Crippen molar-refractivity contribution >= 4 is 33.2 Å². The molecular formula is C18H16BrNO3S. The molecule has 2 heterocycles. The van der Waals surface area contributed by atoms with Gasteiger partial charge in [0, 0.05) is 21.5 Å². The third-order valence-electron chi connectivity index (χ3n) is 3.57. The number of carbonyl (C=O) groups is 1. The first kappa shape index (κ1) is 16.8. The molecule has 24 heavy (non-hydrogen) atoms. The van der Waals surface area contributed by atoms with Gasteiger partial charge in [0.2, 0.25) is 0 Å². The number of amides is 1. The molecule has 3 rings (SSSR count). The van der Waals surface area contributed by atoms with E-state index in [9.17, 15) is 4.79 Å². The van der Waals surface area contributed by atoms with Crippen molar-refractivity contribution in [3.63, 3.8) is 0 Å². The normalized spacial score (nSPS) is 10.6. The molecule has 1 amide bonds. The molecule has 3 aromatic rings. The van der Waals surface area contributed by atoms with Gasteiger partial charge in [0.05, 0.1) is 31.7 Å². The van der Waals surface area contributed by atoms with Crippen LogP contribution in [0.15, 0.2) is 63.2 Å². The summed E-state index contributed by atoms with van der Waals surface area (Å²) in [6, 6.07) is 11.3. The summed E-state index contributed by atoms with van der Waals surface area (Å²) in [5.41, 5.74) is 1.54. The van der Waals surface area contributed by atoms with Crippen molar-refractivity contribution in [2.45, 2.75) is 13.1 Å². The van der Waals surface area contributed by atoms with Gasteiger partial charge >= 0.3 is 0 Å². The Morgan fingerprint density at radius 2 is 2.17 bits per heavy atom. The highest BCUT2D eigenvalue weighted by Crippen LogP contribution is 2.26. The van der Waals surface area contributed by atoms with Gasteiger partial charge in [-0.15, -0.1) is 11.3 Å². The Morgan fingerprint density at radius 1 is 1.29 bits per heavy atom. The zero-order valence-corrected chi connectivity index (χ0v) is 15.5. The summed E-state index contributed by atoms with van der Waals surface area (Å²) in [4.78, 5) is 16.0. The van der Waals surface area contributed by atoms with Crippen molar-refractivity contribution in [3.05, 3.63) is 74.8 Å². The minimum atomic E-state index is -0.0598. The molecule has 0 fully saturated rings. The molecule has 0 aliphatic rings. The van der Waals surface area contributed by atoms with Crippen molar-refractivity contribution in [2.24, 2.45) is 0 Å². The van der Waals surface area contributed by atoms with E-state index >= 15 is 0 Å². The fourth-order valence-electron chi connectivity index (χ4n) is 2.36. The number of methoxy groups -OCH3 is 1. The van der Waals surface area contributed by atoms with E-state index in [1.165, 1.54) is 0 Å². The Kier molecular flexibility index (Phi) is 5.37. The molecule has 6 heteroatoms. The molecule has 0 aliphatic heterocycles. The molecule has 0 bridgehead atoms. The second-order valence-corrected chi connectivity index (χ2v) is 7.10. The number of hydrogen-bond donors (Lipinski definition) is 0. The molecule has 2 aromatic heterocycles. The maximum atomic E-state index is 13.1. The number of ether oxygens (including phenoxy) is 1. The van der Waals surface area contributed by atoms with Gasteiger partial charge in [0.1, 0.15) is 5.75 Å². The Balaban J connectivity index is 1.90. The van der Waals surface area contributed by atoms with E-state index in [1.54, 1.807) is 41.9 Å². The molecule has 0 atom stereocenters. The van der Waals surface area contributed by atoms with E-state index in [-0.39, 0.29) is 5.91 Å². The van der Waals surface area contributed by atoms with Crippen molar-refractivity contribution in [2.75, 3.05) is 7.11 Å². The van der Waals surface area contributed by atoms with Gasteiger partial charge in [0.15, 0.2) is 0 Å². The number of thiophene rings is 1. The molecule has 0 saturated carbocycles. The summed E-state index contributed by atoms with van der Waals surface area (Å²) < 4.78 is 11.1. The lowest BCUT2D eigenvalue weighted by Crippen LogP contribution is -2.30. The SMILES string of the molecule is COc1ccc(Br)c(C(=O)N(Cc2ccoc2)Cc2cccs2)c1. The van der Waals surface area contributed by atoms with Gasteiger partial charge in [-0.3, -0.25) is 4.79 Å². The van der Waals surface area contributed by atoms with Crippen LogP contribution in [-0.2, 0) is 13.1 Å². The average molecular weight is 406 g/mol. The van der Waals surface area contributed by atoms with Crippen molar-refractivity contribution < 1.29 is 13.9 Å². The van der Waals surface area contributed by atoms with E-state index in [0.717, 1.165) is 14.9 Å². The summed E-state index contributed by atoms with van der Waals surface area (Å²) >= 11 is 5.10. The van der Waals surface area contributed by atoms with Gasteiger partial charge in [-0.2, -0.15) is 0 Å². The Labute approximate surface area is 152 Å². The highest BCUT2D eigenvalue weighted by molar-refractivity contribution is 9.10. The Bertz CT molecular complexity index is 764. The molecule has 124 valence electrons. The predicted molar refractivity (Wildman–Crippen MR) is 97.3 cm³/mol.